The molecule has 3 aromatic rings. The standard InChI is InChI=1S/C27H18F7NO2/c1-2-37-25(36)26(18-14-7-4-8-15-18,16-10-9-13-17-11-5-3-6-12-17)35-24-22(30)20(28)19(27(32,33)34)21(29)23(24)31/h3-8,10-12,14-16,35H,2H2,1H3/b16-10+. The monoisotopic (exact) mass is 521 g/mol. The van der Waals surface area contributed by atoms with Crippen LogP contribution in [0.25, 0.3) is 0 Å². The molecule has 0 aliphatic heterocycles. The average molecular weight is 521 g/mol. The van der Waals surface area contributed by atoms with Gasteiger partial charge in [-0.2, -0.15) is 13.2 Å². The highest BCUT2D eigenvalue weighted by Crippen LogP contribution is 2.40. The third-order valence-corrected chi connectivity index (χ3v) is 5.10. The summed E-state index contributed by atoms with van der Waals surface area (Å²) >= 11 is 0. The Hall–Kier alpha value is -4.26. The van der Waals surface area contributed by atoms with Gasteiger partial charge in [-0.15, -0.1) is 0 Å². The first-order chi connectivity index (χ1) is 17.5. The Balaban J connectivity index is 2.24. The summed E-state index contributed by atoms with van der Waals surface area (Å²) in [5.74, 6) is -5.88. The van der Waals surface area contributed by atoms with Gasteiger partial charge in [0.15, 0.2) is 28.8 Å². The van der Waals surface area contributed by atoms with Crippen molar-refractivity contribution in [2.75, 3.05) is 11.9 Å². The zero-order valence-corrected chi connectivity index (χ0v) is 19.1. The third-order valence-electron chi connectivity index (χ3n) is 5.10. The highest BCUT2D eigenvalue weighted by molar-refractivity contribution is 5.89. The van der Waals surface area contributed by atoms with Gasteiger partial charge in [0.05, 0.1) is 6.61 Å². The summed E-state index contributed by atoms with van der Waals surface area (Å²) in [5, 5.41) is 2.06. The van der Waals surface area contributed by atoms with Crippen molar-refractivity contribution in [3.8, 4) is 11.8 Å². The predicted octanol–water partition coefficient (Wildman–Crippen LogP) is 6.74. The van der Waals surface area contributed by atoms with Crippen molar-refractivity contribution in [2.45, 2.75) is 18.6 Å². The number of ether oxygens (including phenoxy) is 1. The maximum absolute atomic E-state index is 14.8. The normalized spacial score (nSPS) is 13.0. The molecule has 0 bridgehead atoms. The number of anilines is 1. The Morgan fingerprint density at radius 3 is 1.95 bits per heavy atom. The van der Waals surface area contributed by atoms with E-state index < -0.39 is 52.2 Å². The van der Waals surface area contributed by atoms with E-state index in [1.165, 1.54) is 31.2 Å². The molecule has 0 radical (unpaired) electrons. The summed E-state index contributed by atoms with van der Waals surface area (Å²) in [6, 6.07) is 15.7. The number of halogens is 7. The van der Waals surface area contributed by atoms with Crippen LogP contribution in [-0.4, -0.2) is 12.6 Å². The number of allylic oxidation sites excluding steroid dienone is 1. The van der Waals surface area contributed by atoms with Crippen molar-refractivity contribution >= 4 is 11.7 Å². The van der Waals surface area contributed by atoms with Crippen LogP contribution in [0, 0.1) is 35.1 Å². The number of nitrogens with one attached hydrogen (secondary N) is 1. The quantitative estimate of drug-likeness (QED) is 0.169. The van der Waals surface area contributed by atoms with Crippen LogP contribution in [-0.2, 0) is 21.2 Å². The van der Waals surface area contributed by atoms with Gasteiger partial charge in [-0.25, -0.2) is 22.4 Å². The van der Waals surface area contributed by atoms with E-state index in [0.29, 0.717) is 5.56 Å². The van der Waals surface area contributed by atoms with E-state index in [-0.39, 0.29) is 12.2 Å². The molecular formula is C27H18F7NO2. The van der Waals surface area contributed by atoms with Crippen molar-refractivity contribution in [1.29, 1.82) is 0 Å². The molecule has 0 saturated carbocycles. The van der Waals surface area contributed by atoms with E-state index in [1.54, 1.807) is 36.4 Å². The summed E-state index contributed by atoms with van der Waals surface area (Å²) < 4.78 is 102. The molecule has 3 nitrogen and oxygen atoms in total. The first kappa shape index (κ1) is 27.3. The van der Waals surface area contributed by atoms with Gasteiger partial charge in [-0.1, -0.05) is 60.4 Å². The lowest BCUT2D eigenvalue weighted by Crippen LogP contribution is -2.44. The molecule has 3 aromatic carbocycles. The van der Waals surface area contributed by atoms with Crippen molar-refractivity contribution < 1.29 is 40.3 Å². The zero-order valence-electron chi connectivity index (χ0n) is 19.1. The van der Waals surface area contributed by atoms with Crippen LogP contribution in [0.3, 0.4) is 0 Å². The van der Waals surface area contributed by atoms with Gasteiger partial charge < -0.3 is 10.1 Å². The molecule has 0 aliphatic carbocycles. The van der Waals surface area contributed by atoms with Crippen molar-refractivity contribution in [3.63, 3.8) is 0 Å². The van der Waals surface area contributed by atoms with E-state index >= 15 is 0 Å². The molecule has 0 aromatic heterocycles. The lowest BCUT2D eigenvalue weighted by Gasteiger charge is -2.31. The van der Waals surface area contributed by atoms with Gasteiger partial charge in [0.2, 0.25) is 0 Å². The SMILES string of the molecule is CCOC(=O)C(/C=C/C#Cc1ccccc1)(Nc1c(F)c(F)c(C(F)(F)F)c(F)c1F)c1ccccc1. The molecule has 0 aliphatic rings. The lowest BCUT2D eigenvalue weighted by atomic mass is 9.88. The van der Waals surface area contributed by atoms with Crippen molar-refractivity contribution in [1.82, 2.24) is 0 Å². The Kier molecular flexibility index (Phi) is 8.28. The topological polar surface area (TPSA) is 38.3 Å². The molecule has 0 saturated heterocycles. The molecule has 1 atom stereocenters. The summed E-state index contributed by atoms with van der Waals surface area (Å²) in [4.78, 5) is 13.2. The van der Waals surface area contributed by atoms with Gasteiger partial charge in [0.25, 0.3) is 0 Å². The molecule has 192 valence electrons. The van der Waals surface area contributed by atoms with Crippen LogP contribution in [0.15, 0.2) is 72.8 Å². The second-order valence-corrected chi connectivity index (χ2v) is 7.49. The average Bonchev–Trinajstić information content (AvgIpc) is 2.87. The molecule has 0 amide bonds. The van der Waals surface area contributed by atoms with Crippen LogP contribution in [0.5, 0.6) is 0 Å². The molecule has 1 unspecified atom stereocenters. The Morgan fingerprint density at radius 2 is 1.43 bits per heavy atom. The molecular weight excluding hydrogens is 503 g/mol. The lowest BCUT2D eigenvalue weighted by molar-refractivity contribution is -0.147. The zero-order chi connectivity index (χ0) is 27.2. The fraction of sp³-hybridized carbons (Fsp3) is 0.148. The van der Waals surface area contributed by atoms with Crippen molar-refractivity contribution in [3.05, 3.63) is 113 Å². The molecule has 37 heavy (non-hydrogen) atoms. The molecule has 1 N–H and O–H groups in total. The minimum atomic E-state index is -5.72. The number of hydrogen-bond acceptors (Lipinski definition) is 3. The van der Waals surface area contributed by atoms with Gasteiger partial charge in [-0.05, 0) is 36.8 Å². The fourth-order valence-corrected chi connectivity index (χ4v) is 3.39. The van der Waals surface area contributed by atoms with Crippen molar-refractivity contribution in [2.24, 2.45) is 0 Å². The summed E-state index contributed by atoms with van der Waals surface area (Å²) in [6.07, 6.45) is -3.56. The molecule has 0 heterocycles. The van der Waals surface area contributed by atoms with E-state index in [4.69, 9.17) is 4.74 Å². The van der Waals surface area contributed by atoms with Gasteiger partial charge in [-0.3, -0.25) is 0 Å². The van der Waals surface area contributed by atoms with Gasteiger partial charge in [0, 0.05) is 5.56 Å². The van der Waals surface area contributed by atoms with E-state index in [9.17, 15) is 35.5 Å². The third kappa shape index (κ3) is 5.77. The number of esters is 1. The van der Waals surface area contributed by atoms with Crippen LogP contribution >= 0.6 is 0 Å². The van der Waals surface area contributed by atoms with Crippen LogP contribution < -0.4 is 5.32 Å². The first-order valence-electron chi connectivity index (χ1n) is 10.7. The van der Waals surface area contributed by atoms with Crippen LogP contribution in [0.1, 0.15) is 23.6 Å². The highest BCUT2D eigenvalue weighted by Gasteiger charge is 2.45. The molecule has 3 rings (SSSR count). The van der Waals surface area contributed by atoms with Gasteiger partial charge >= 0.3 is 12.1 Å². The maximum atomic E-state index is 14.8. The largest absolute Gasteiger partial charge is 0.464 e. The summed E-state index contributed by atoms with van der Waals surface area (Å²) in [5.41, 5.74) is -6.14. The fourth-order valence-electron chi connectivity index (χ4n) is 3.39. The van der Waals surface area contributed by atoms with E-state index in [2.05, 4.69) is 17.2 Å². The second-order valence-electron chi connectivity index (χ2n) is 7.49. The smallest absolute Gasteiger partial charge is 0.422 e. The summed E-state index contributed by atoms with van der Waals surface area (Å²) in [7, 11) is 0. The second kappa shape index (κ2) is 11.2. The van der Waals surface area contributed by atoms with Crippen LogP contribution in [0.4, 0.5) is 36.4 Å². The minimum Gasteiger partial charge on any atom is -0.464 e. The molecule has 10 heteroatoms. The van der Waals surface area contributed by atoms with Gasteiger partial charge in [0.1, 0.15) is 11.3 Å². The first-order valence-corrected chi connectivity index (χ1v) is 10.7. The predicted molar refractivity (Wildman–Crippen MR) is 122 cm³/mol. The number of rotatable bonds is 6. The van der Waals surface area contributed by atoms with E-state index in [0.717, 1.165) is 12.2 Å². The number of carbonyl (C=O) groups excluding carboxylic acids is 1. The minimum absolute atomic E-state index is 0.00859. The number of hydrogen-bond donors (Lipinski definition) is 1. The Bertz CT molecular complexity index is 1330. The van der Waals surface area contributed by atoms with E-state index in [1.807, 2.05) is 0 Å². The summed E-state index contributed by atoms with van der Waals surface area (Å²) in [6.45, 7) is 1.23. The molecule has 0 spiro atoms. The number of carbonyl (C=O) groups is 1. The number of benzene rings is 3. The molecule has 0 fully saturated rings. The highest BCUT2D eigenvalue weighted by atomic mass is 19.4. The number of alkyl halides is 3. The Morgan fingerprint density at radius 1 is 0.892 bits per heavy atom. The van der Waals surface area contributed by atoms with Crippen LogP contribution in [0.2, 0.25) is 0 Å². The maximum Gasteiger partial charge on any atom is 0.422 e. The Labute approximate surface area is 207 Å².